The molecular formula is C15H21N3O2S. The van der Waals surface area contributed by atoms with E-state index in [1.165, 1.54) is 11.8 Å². The summed E-state index contributed by atoms with van der Waals surface area (Å²) in [6.07, 6.45) is 1.92. The zero-order valence-corrected chi connectivity index (χ0v) is 13.0. The van der Waals surface area contributed by atoms with E-state index in [9.17, 15) is 9.90 Å². The topological polar surface area (TPSA) is 77.2 Å². The molecule has 5 nitrogen and oxygen atoms in total. The van der Waals surface area contributed by atoms with Crippen molar-refractivity contribution in [2.75, 3.05) is 12.9 Å². The van der Waals surface area contributed by atoms with Crippen LogP contribution in [0.1, 0.15) is 12.6 Å². The average molecular weight is 307 g/mol. The van der Waals surface area contributed by atoms with Crippen LogP contribution in [0.15, 0.2) is 30.3 Å². The summed E-state index contributed by atoms with van der Waals surface area (Å²) in [5.74, 6) is 0. The number of benzene rings is 1. The van der Waals surface area contributed by atoms with Crippen LogP contribution in [0.2, 0.25) is 0 Å². The number of aromatic amines is 1. The smallest absolute Gasteiger partial charge is 0.315 e. The van der Waals surface area contributed by atoms with Gasteiger partial charge in [-0.05, 0) is 30.7 Å². The first-order chi connectivity index (χ1) is 10.1. The highest BCUT2D eigenvalue weighted by Gasteiger charge is 2.17. The molecule has 114 valence electrons. The molecule has 0 aliphatic carbocycles. The van der Waals surface area contributed by atoms with Crippen LogP contribution in [-0.2, 0) is 6.54 Å². The lowest BCUT2D eigenvalue weighted by Crippen LogP contribution is -2.45. The van der Waals surface area contributed by atoms with E-state index < -0.39 is 0 Å². The summed E-state index contributed by atoms with van der Waals surface area (Å²) in [7, 11) is 0. The van der Waals surface area contributed by atoms with Crippen molar-refractivity contribution >= 4 is 28.7 Å². The number of aliphatic hydroxyl groups excluding tert-OH is 1. The van der Waals surface area contributed by atoms with Gasteiger partial charge in [-0.2, -0.15) is 11.8 Å². The van der Waals surface area contributed by atoms with Crippen molar-refractivity contribution in [2.45, 2.75) is 24.8 Å². The predicted octanol–water partition coefficient (Wildman–Crippen LogP) is 2.08. The molecule has 0 saturated carbocycles. The number of thioether (sulfide) groups is 1. The Kier molecular flexibility index (Phi) is 5.52. The van der Waals surface area contributed by atoms with Crippen LogP contribution in [0.4, 0.5) is 4.79 Å². The molecule has 1 aromatic heterocycles. The minimum Gasteiger partial charge on any atom is -0.395 e. The Morgan fingerprint density at radius 2 is 2.19 bits per heavy atom. The van der Waals surface area contributed by atoms with Gasteiger partial charge in [0, 0.05) is 22.5 Å². The lowest BCUT2D eigenvalue weighted by atomic mass is 10.2. The molecule has 2 rings (SSSR count). The highest BCUT2D eigenvalue weighted by atomic mass is 32.2. The van der Waals surface area contributed by atoms with Crippen molar-refractivity contribution in [3.05, 3.63) is 36.0 Å². The van der Waals surface area contributed by atoms with Gasteiger partial charge in [-0.3, -0.25) is 0 Å². The van der Waals surface area contributed by atoms with Gasteiger partial charge in [-0.1, -0.05) is 18.2 Å². The van der Waals surface area contributed by atoms with Crippen LogP contribution in [0, 0.1) is 0 Å². The second-order valence-electron chi connectivity index (χ2n) is 4.95. The van der Waals surface area contributed by atoms with Gasteiger partial charge in [0.1, 0.15) is 0 Å². The number of hydrogen-bond acceptors (Lipinski definition) is 3. The normalized spacial score (nSPS) is 13.9. The molecule has 6 heteroatoms. The number of para-hydroxylation sites is 1. The number of H-pyrrole nitrogens is 1. The number of carbonyl (C=O) groups is 1. The quantitative estimate of drug-likeness (QED) is 0.660. The maximum atomic E-state index is 11.9. The predicted molar refractivity (Wildman–Crippen MR) is 87.5 cm³/mol. The van der Waals surface area contributed by atoms with Crippen LogP contribution >= 0.6 is 11.8 Å². The van der Waals surface area contributed by atoms with Gasteiger partial charge in [0.05, 0.1) is 13.2 Å². The number of carbonyl (C=O) groups excluding carboxylic acids is 1. The minimum atomic E-state index is -0.228. The van der Waals surface area contributed by atoms with Gasteiger partial charge in [0.2, 0.25) is 0 Å². The van der Waals surface area contributed by atoms with Gasteiger partial charge in [-0.25, -0.2) is 4.79 Å². The number of nitrogens with one attached hydrogen (secondary N) is 3. The molecule has 0 aliphatic rings. The van der Waals surface area contributed by atoms with E-state index in [-0.39, 0.29) is 23.9 Å². The molecule has 0 saturated heterocycles. The highest BCUT2D eigenvalue weighted by Crippen LogP contribution is 2.14. The van der Waals surface area contributed by atoms with Gasteiger partial charge in [-0.15, -0.1) is 0 Å². The molecule has 2 amide bonds. The fourth-order valence-corrected chi connectivity index (χ4v) is 2.82. The summed E-state index contributed by atoms with van der Waals surface area (Å²) >= 11 is 1.54. The van der Waals surface area contributed by atoms with Crippen molar-refractivity contribution in [3.63, 3.8) is 0 Å². The average Bonchev–Trinajstić information content (AvgIpc) is 2.89. The van der Waals surface area contributed by atoms with Crippen molar-refractivity contribution in [1.82, 2.24) is 15.6 Å². The summed E-state index contributed by atoms with van der Waals surface area (Å²) < 4.78 is 0. The number of aliphatic hydroxyl groups is 1. The van der Waals surface area contributed by atoms with E-state index in [4.69, 9.17) is 0 Å². The fourth-order valence-electron chi connectivity index (χ4n) is 2.19. The lowest BCUT2D eigenvalue weighted by molar-refractivity contribution is 0.232. The molecule has 1 aromatic carbocycles. The summed E-state index contributed by atoms with van der Waals surface area (Å²) in [5, 5.41) is 16.0. The first kappa shape index (κ1) is 15.7. The van der Waals surface area contributed by atoms with Gasteiger partial charge >= 0.3 is 6.03 Å². The van der Waals surface area contributed by atoms with E-state index >= 15 is 0 Å². The Labute approximate surface area is 128 Å². The van der Waals surface area contributed by atoms with Crippen LogP contribution in [0.3, 0.4) is 0 Å². The largest absolute Gasteiger partial charge is 0.395 e. The summed E-state index contributed by atoms with van der Waals surface area (Å²) in [4.78, 5) is 15.1. The molecule has 1 heterocycles. The summed E-state index contributed by atoms with van der Waals surface area (Å²) in [6, 6.07) is 9.70. The third kappa shape index (κ3) is 4.15. The monoisotopic (exact) mass is 307 g/mol. The molecule has 2 atom stereocenters. The molecule has 21 heavy (non-hydrogen) atoms. The molecule has 0 spiro atoms. The van der Waals surface area contributed by atoms with Crippen LogP contribution < -0.4 is 10.6 Å². The highest BCUT2D eigenvalue weighted by molar-refractivity contribution is 7.99. The first-order valence-corrected chi connectivity index (χ1v) is 8.17. The van der Waals surface area contributed by atoms with E-state index in [1.54, 1.807) is 0 Å². The van der Waals surface area contributed by atoms with E-state index in [1.807, 2.05) is 43.5 Å². The zero-order valence-electron chi connectivity index (χ0n) is 12.2. The number of hydrogen-bond donors (Lipinski definition) is 4. The van der Waals surface area contributed by atoms with Crippen molar-refractivity contribution in [3.8, 4) is 0 Å². The lowest BCUT2D eigenvalue weighted by Gasteiger charge is -2.21. The first-order valence-electron chi connectivity index (χ1n) is 6.88. The Morgan fingerprint density at radius 1 is 1.43 bits per heavy atom. The molecular weight excluding hydrogens is 286 g/mol. The molecule has 0 aliphatic heterocycles. The van der Waals surface area contributed by atoms with E-state index in [0.29, 0.717) is 6.54 Å². The van der Waals surface area contributed by atoms with E-state index in [2.05, 4.69) is 15.6 Å². The molecule has 4 N–H and O–H groups in total. The SMILES string of the molecule is CSC(CO)C(C)NC(=O)NCc1cc2ccccc2[nH]1. The van der Waals surface area contributed by atoms with Crippen LogP contribution in [0.5, 0.6) is 0 Å². The fraction of sp³-hybridized carbons (Fsp3) is 0.400. The number of amides is 2. The minimum absolute atomic E-state index is 0.00354. The third-order valence-electron chi connectivity index (χ3n) is 3.42. The maximum Gasteiger partial charge on any atom is 0.315 e. The third-order valence-corrected chi connectivity index (χ3v) is 4.59. The second kappa shape index (κ2) is 7.38. The second-order valence-corrected chi connectivity index (χ2v) is 6.03. The van der Waals surface area contributed by atoms with Crippen LogP contribution in [-0.4, -0.2) is 40.3 Å². The molecule has 2 aromatic rings. The zero-order chi connectivity index (χ0) is 15.2. The maximum absolute atomic E-state index is 11.9. The number of rotatable bonds is 6. The molecule has 0 radical (unpaired) electrons. The molecule has 0 fully saturated rings. The van der Waals surface area contributed by atoms with Crippen molar-refractivity contribution in [1.29, 1.82) is 0 Å². The summed E-state index contributed by atoms with van der Waals surface area (Å²) in [6.45, 7) is 2.38. The molecule has 0 bridgehead atoms. The standard InChI is InChI=1S/C15H21N3O2S/c1-10(14(9-19)21-2)17-15(20)16-8-12-7-11-5-3-4-6-13(11)18-12/h3-7,10,14,18-19H,8-9H2,1-2H3,(H2,16,17,20). The number of aromatic nitrogens is 1. The van der Waals surface area contributed by atoms with Crippen molar-refractivity contribution in [2.24, 2.45) is 0 Å². The van der Waals surface area contributed by atoms with Crippen LogP contribution in [0.25, 0.3) is 10.9 Å². The Morgan fingerprint density at radius 3 is 2.86 bits per heavy atom. The Balaban J connectivity index is 1.86. The van der Waals surface area contributed by atoms with E-state index in [0.717, 1.165) is 16.6 Å². The van der Waals surface area contributed by atoms with Crippen molar-refractivity contribution < 1.29 is 9.90 Å². The Bertz CT molecular complexity index is 562. The number of urea groups is 1. The summed E-state index contributed by atoms with van der Waals surface area (Å²) in [5.41, 5.74) is 2.02. The molecule has 2 unspecified atom stereocenters. The number of fused-ring (bicyclic) bond motifs is 1. The van der Waals surface area contributed by atoms with Gasteiger partial charge in [0.25, 0.3) is 0 Å². The van der Waals surface area contributed by atoms with Gasteiger partial charge in [0.15, 0.2) is 0 Å². The van der Waals surface area contributed by atoms with Gasteiger partial charge < -0.3 is 20.7 Å². The Hall–Kier alpha value is -1.66.